The van der Waals surface area contributed by atoms with Crippen molar-refractivity contribution in [2.24, 2.45) is 5.41 Å². The Morgan fingerprint density at radius 2 is 1.84 bits per heavy atom. The van der Waals surface area contributed by atoms with Crippen LogP contribution < -0.4 is 16.0 Å². The highest BCUT2D eigenvalue weighted by Gasteiger charge is 2.31. The van der Waals surface area contributed by atoms with Crippen LogP contribution in [-0.4, -0.2) is 77.0 Å². The molecule has 0 radical (unpaired) electrons. The van der Waals surface area contributed by atoms with Crippen LogP contribution in [0.4, 0.5) is 22.1 Å². The molecule has 2 aromatic rings. The second-order valence-electron chi connectivity index (χ2n) is 9.64. The van der Waals surface area contributed by atoms with Crippen molar-refractivity contribution in [1.82, 2.24) is 24.8 Å². The standard InChI is InChI=1S/C22H32N8O2/c1-22(2)7-9-30(10-8-22)19-16(26-20(31)18-24-11-17(23)27-18)6-5-15(25-19)14-12-28(3)21(32)29(4)13-14/h5-6,11,14H,7-10,12-13,23H2,1-4H3,(H,24,27)(H,26,31). The van der Waals surface area contributed by atoms with Crippen LogP contribution in [0.25, 0.3) is 0 Å². The Morgan fingerprint density at radius 3 is 2.44 bits per heavy atom. The Morgan fingerprint density at radius 1 is 1.19 bits per heavy atom. The number of nitrogen functional groups attached to an aromatic ring is 1. The third-order valence-electron chi connectivity index (χ3n) is 6.43. The molecule has 2 saturated heterocycles. The van der Waals surface area contributed by atoms with E-state index in [4.69, 9.17) is 10.7 Å². The Labute approximate surface area is 188 Å². The molecule has 0 aliphatic carbocycles. The predicted molar refractivity (Wildman–Crippen MR) is 124 cm³/mol. The van der Waals surface area contributed by atoms with Crippen molar-refractivity contribution in [2.75, 3.05) is 56.2 Å². The number of hydrogen-bond donors (Lipinski definition) is 3. The number of carbonyl (C=O) groups is 2. The normalized spacial score (nSPS) is 19.4. The molecule has 0 unspecified atom stereocenters. The monoisotopic (exact) mass is 440 g/mol. The van der Waals surface area contributed by atoms with Crippen LogP contribution in [-0.2, 0) is 0 Å². The maximum atomic E-state index is 12.7. The number of aromatic amines is 1. The molecule has 0 saturated carbocycles. The number of nitrogens with two attached hydrogens (primary N) is 1. The van der Waals surface area contributed by atoms with Gasteiger partial charge in [-0.25, -0.2) is 14.8 Å². The maximum Gasteiger partial charge on any atom is 0.319 e. The van der Waals surface area contributed by atoms with Crippen molar-refractivity contribution in [1.29, 1.82) is 0 Å². The van der Waals surface area contributed by atoms with Crippen molar-refractivity contribution < 1.29 is 9.59 Å². The van der Waals surface area contributed by atoms with E-state index in [0.717, 1.165) is 37.4 Å². The first-order chi connectivity index (χ1) is 15.1. The predicted octanol–water partition coefficient (Wildman–Crippen LogP) is 2.35. The Hall–Kier alpha value is -3.30. The molecular weight excluding hydrogens is 408 g/mol. The fourth-order valence-electron chi connectivity index (χ4n) is 4.34. The molecule has 0 aromatic carbocycles. The molecule has 10 heteroatoms. The number of imidazole rings is 1. The minimum absolute atomic E-state index is 0.0151. The zero-order valence-corrected chi connectivity index (χ0v) is 19.2. The number of hydrogen-bond acceptors (Lipinski definition) is 6. The number of likely N-dealkylation sites (N-methyl/N-ethyl adjacent to an activating group) is 2. The van der Waals surface area contributed by atoms with Gasteiger partial charge >= 0.3 is 6.03 Å². The van der Waals surface area contributed by atoms with E-state index in [1.165, 1.54) is 6.20 Å². The highest BCUT2D eigenvalue weighted by Crippen LogP contribution is 2.35. The van der Waals surface area contributed by atoms with E-state index in [2.05, 4.69) is 34.0 Å². The smallest absolute Gasteiger partial charge is 0.319 e. The summed E-state index contributed by atoms with van der Waals surface area (Å²) in [7, 11) is 3.62. The van der Waals surface area contributed by atoms with Gasteiger partial charge < -0.3 is 30.7 Å². The topological polar surface area (TPSA) is 123 Å². The second-order valence-corrected chi connectivity index (χ2v) is 9.64. The molecule has 172 valence electrons. The number of H-pyrrole nitrogens is 1. The largest absolute Gasteiger partial charge is 0.384 e. The number of aromatic nitrogens is 3. The summed E-state index contributed by atoms with van der Waals surface area (Å²) < 4.78 is 0. The number of pyridine rings is 1. The summed E-state index contributed by atoms with van der Waals surface area (Å²) in [5.74, 6) is 0.983. The van der Waals surface area contributed by atoms with Crippen LogP contribution in [0.15, 0.2) is 18.3 Å². The van der Waals surface area contributed by atoms with Gasteiger partial charge in [-0.15, -0.1) is 0 Å². The number of rotatable bonds is 4. The Kier molecular flexibility index (Phi) is 5.70. The number of urea groups is 1. The molecule has 4 N–H and O–H groups in total. The summed E-state index contributed by atoms with van der Waals surface area (Å²) in [6.45, 7) is 7.51. The average Bonchev–Trinajstić information content (AvgIpc) is 3.18. The summed E-state index contributed by atoms with van der Waals surface area (Å²) in [4.78, 5) is 42.3. The van der Waals surface area contributed by atoms with Crippen LogP contribution in [0.3, 0.4) is 0 Å². The van der Waals surface area contributed by atoms with Crippen molar-refractivity contribution in [3.05, 3.63) is 29.8 Å². The fourth-order valence-corrected chi connectivity index (χ4v) is 4.34. The number of nitrogens with one attached hydrogen (secondary N) is 2. The van der Waals surface area contributed by atoms with Crippen molar-refractivity contribution >= 4 is 29.3 Å². The molecule has 32 heavy (non-hydrogen) atoms. The molecule has 2 fully saturated rings. The quantitative estimate of drug-likeness (QED) is 0.671. The molecule has 0 spiro atoms. The van der Waals surface area contributed by atoms with E-state index < -0.39 is 0 Å². The Bertz CT molecular complexity index is 993. The van der Waals surface area contributed by atoms with E-state index in [1.54, 1.807) is 9.80 Å². The van der Waals surface area contributed by atoms with Gasteiger partial charge in [-0.2, -0.15) is 0 Å². The molecule has 4 rings (SSSR count). The third-order valence-corrected chi connectivity index (χ3v) is 6.43. The molecule has 0 bridgehead atoms. The first kappa shape index (κ1) is 21.9. The van der Waals surface area contributed by atoms with Crippen LogP contribution in [0.5, 0.6) is 0 Å². The van der Waals surface area contributed by atoms with Gasteiger partial charge in [0.15, 0.2) is 11.6 Å². The first-order valence-corrected chi connectivity index (χ1v) is 11.0. The van der Waals surface area contributed by atoms with Gasteiger partial charge in [0.2, 0.25) is 0 Å². The third kappa shape index (κ3) is 4.49. The van der Waals surface area contributed by atoms with Gasteiger partial charge in [-0.1, -0.05) is 13.8 Å². The maximum absolute atomic E-state index is 12.7. The highest BCUT2D eigenvalue weighted by molar-refractivity contribution is 6.03. The summed E-state index contributed by atoms with van der Waals surface area (Å²) >= 11 is 0. The lowest BCUT2D eigenvalue weighted by Gasteiger charge is -2.39. The molecule has 2 aromatic heterocycles. The lowest BCUT2D eigenvalue weighted by molar-refractivity contribution is 0.101. The van der Waals surface area contributed by atoms with Gasteiger partial charge in [-0.05, 0) is 30.4 Å². The minimum atomic E-state index is -0.363. The van der Waals surface area contributed by atoms with Gasteiger partial charge in [0.1, 0.15) is 5.82 Å². The van der Waals surface area contributed by atoms with Crippen molar-refractivity contribution in [3.8, 4) is 0 Å². The SMILES string of the molecule is CN1CC(c2ccc(NC(=O)c3ncc(N)[nH]3)c(N3CCC(C)(C)CC3)n2)CN(C)C1=O. The van der Waals surface area contributed by atoms with Crippen LogP contribution >= 0.6 is 0 Å². The van der Waals surface area contributed by atoms with Crippen LogP contribution in [0.1, 0.15) is 48.9 Å². The second kappa shape index (κ2) is 8.33. The summed E-state index contributed by atoms with van der Waals surface area (Å²) in [6, 6.07) is 3.85. The van der Waals surface area contributed by atoms with E-state index in [9.17, 15) is 9.59 Å². The highest BCUT2D eigenvalue weighted by atomic mass is 16.2. The van der Waals surface area contributed by atoms with Crippen LogP contribution in [0, 0.1) is 5.41 Å². The zero-order valence-electron chi connectivity index (χ0n) is 19.2. The molecular formula is C22H32N8O2. The average molecular weight is 441 g/mol. The molecule has 2 aliphatic rings. The van der Waals surface area contributed by atoms with E-state index in [-0.39, 0.29) is 23.7 Å². The first-order valence-electron chi connectivity index (χ1n) is 11.0. The van der Waals surface area contributed by atoms with E-state index in [1.807, 2.05) is 26.2 Å². The molecule has 2 aliphatic heterocycles. The number of amides is 3. The fraction of sp³-hybridized carbons (Fsp3) is 0.545. The van der Waals surface area contributed by atoms with E-state index >= 15 is 0 Å². The van der Waals surface area contributed by atoms with Crippen molar-refractivity contribution in [3.63, 3.8) is 0 Å². The molecule has 0 atom stereocenters. The van der Waals surface area contributed by atoms with Crippen molar-refractivity contribution in [2.45, 2.75) is 32.6 Å². The van der Waals surface area contributed by atoms with Gasteiger partial charge in [0.25, 0.3) is 5.91 Å². The van der Waals surface area contributed by atoms with Gasteiger partial charge in [0, 0.05) is 51.9 Å². The molecule has 10 nitrogen and oxygen atoms in total. The minimum Gasteiger partial charge on any atom is -0.384 e. The van der Waals surface area contributed by atoms with Crippen LogP contribution in [0.2, 0.25) is 0 Å². The summed E-state index contributed by atoms with van der Waals surface area (Å²) in [5.41, 5.74) is 7.51. The lowest BCUT2D eigenvalue weighted by Crippen LogP contribution is -2.49. The zero-order chi connectivity index (χ0) is 23.0. The van der Waals surface area contributed by atoms with Gasteiger partial charge in [-0.3, -0.25) is 4.79 Å². The molecule has 4 heterocycles. The number of piperidine rings is 1. The number of nitrogens with zero attached hydrogens (tertiary/aromatic N) is 5. The number of anilines is 3. The summed E-state index contributed by atoms with van der Waals surface area (Å²) in [5, 5.41) is 2.95. The van der Waals surface area contributed by atoms with E-state index in [0.29, 0.717) is 30.0 Å². The summed E-state index contributed by atoms with van der Waals surface area (Å²) in [6.07, 6.45) is 3.51. The Balaban J connectivity index is 1.63. The number of carbonyl (C=O) groups excluding carboxylic acids is 2. The van der Waals surface area contributed by atoms with Gasteiger partial charge in [0.05, 0.1) is 11.9 Å². The molecule has 3 amide bonds. The lowest BCUT2D eigenvalue weighted by atomic mass is 9.82.